The molecule has 0 fully saturated rings. The summed E-state index contributed by atoms with van der Waals surface area (Å²) in [6.07, 6.45) is 0. The highest BCUT2D eigenvalue weighted by atomic mass is 35.5. The maximum Gasteiger partial charge on any atom is 0.264 e. The number of anilines is 1. The van der Waals surface area contributed by atoms with Crippen LogP contribution in [0.4, 0.5) is 5.69 Å². The van der Waals surface area contributed by atoms with Gasteiger partial charge in [0.25, 0.3) is 10.0 Å². The van der Waals surface area contributed by atoms with Crippen LogP contribution in [0.1, 0.15) is 25.0 Å². The van der Waals surface area contributed by atoms with Crippen molar-refractivity contribution in [1.82, 2.24) is 10.2 Å². The number of amides is 2. The van der Waals surface area contributed by atoms with Crippen molar-refractivity contribution in [2.75, 3.05) is 17.4 Å². The largest absolute Gasteiger partial charge is 0.355 e. The first kappa shape index (κ1) is 31.0. The first-order chi connectivity index (χ1) is 18.3. The van der Waals surface area contributed by atoms with Gasteiger partial charge in [-0.3, -0.25) is 13.9 Å². The Morgan fingerprint density at radius 1 is 0.897 bits per heavy atom. The van der Waals surface area contributed by atoms with E-state index in [4.69, 9.17) is 46.4 Å². The molecule has 0 heterocycles. The van der Waals surface area contributed by atoms with E-state index in [0.29, 0.717) is 17.1 Å². The zero-order valence-electron chi connectivity index (χ0n) is 21.4. The Morgan fingerprint density at radius 2 is 1.54 bits per heavy atom. The van der Waals surface area contributed by atoms with Crippen LogP contribution in [0, 0.1) is 6.92 Å². The molecule has 0 aromatic heterocycles. The summed E-state index contributed by atoms with van der Waals surface area (Å²) in [5.41, 5.74) is 1.49. The number of sulfonamides is 1. The van der Waals surface area contributed by atoms with Gasteiger partial charge in [0, 0.05) is 18.1 Å². The lowest BCUT2D eigenvalue weighted by Gasteiger charge is -2.32. The quantitative estimate of drug-likeness (QED) is 0.283. The van der Waals surface area contributed by atoms with Crippen LogP contribution < -0.4 is 9.62 Å². The fourth-order valence-corrected chi connectivity index (χ4v) is 5.95. The molecule has 0 aliphatic carbocycles. The van der Waals surface area contributed by atoms with Crippen molar-refractivity contribution in [1.29, 1.82) is 0 Å². The van der Waals surface area contributed by atoms with Gasteiger partial charge >= 0.3 is 0 Å². The van der Waals surface area contributed by atoms with Gasteiger partial charge in [-0.1, -0.05) is 70.2 Å². The molecule has 0 aliphatic rings. The smallest absolute Gasteiger partial charge is 0.264 e. The van der Waals surface area contributed by atoms with Crippen LogP contribution in [0.3, 0.4) is 0 Å². The van der Waals surface area contributed by atoms with Gasteiger partial charge in [-0.05, 0) is 68.8 Å². The van der Waals surface area contributed by atoms with E-state index in [9.17, 15) is 18.0 Å². The fraction of sp³-hybridized carbons (Fsp3) is 0.259. The van der Waals surface area contributed by atoms with Crippen molar-refractivity contribution in [3.05, 3.63) is 91.9 Å². The lowest BCUT2D eigenvalue weighted by Crippen LogP contribution is -2.51. The maximum absolute atomic E-state index is 13.9. The minimum Gasteiger partial charge on any atom is -0.355 e. The van der Waals surface area contributed by atoms with Gasteiger partial charge in [-0.2, -0.15) is 0 Å². The third-order valence-electron chi connectivity index (χ3n) is 5.92. The van der Waals surface area contributed by atoms with Gasteiger partial charge in [-0.25, -0.2) is 8.42 Å². The van der Waals surface area contributed by atoms with E-state index in [2.05, 4.69) is 5.32 Å². The summed E-state index contributed by atoms with van der Waals surface area (Å²) in [5, 5.41) is 3.62. The SMILES string of the molecule is CCNC(=O)[C@@H](C)N(Cc1ccc(Cl)c(Cl)c1)C(=O)CN(c1cc(Cl)ccc1Cl)S(=O)(=O)c1ccc(C)cc1. The number of carbonyl (C=O) groups is 2. The highest BCUT2D eigenvalue weighted by molar-refractivity contribution is 7.92. The average Bonchev–Trinajstić information content (AvgIpc) is 2.89. The summed E-state index contributed by atoms with van der Waals surface area (Å²) < 4.78 is 28.6. The normalized spacial score (nSPS) is 12.1. The van der Waals surface area contributed by atoms with E-state index in [0.717, 1.165) is 9.87 Å². The average molecular weight is 631 g/mol. The van der Waals surface area contributed by atoms with E-state index in [1.165, 1.54) is 35.2 Å². The van der Waals surface area contributed by atoms with Crippen molar-refractivity contribution in [2.24, 2.45) is 0 Å². The number of nitrogens with zero attached hydrogens (tertiary/aromatic N) is 2. The standard InChI is InChI=1S/C27H27Cl4N3O4S/c1-4-32-27(36)18(3)33(15-19-7-11-22(29)24(31)13-19)26(35)16-34(25-14-20(28)8-12-23(25)30)39(37,38)21-9-5-17(2)6-10-21/h5-14,18H,4,15-16H2,1-3H3,(H,32,36)/t18-/m1/s1. The number of hydrogen-bond donors (Lipinski definition) is 1. The molecule has 1 N–H and O–H groups in total. The van der Waals surface area contributed by atoms with Crippen LogP contribution in [0.25, 0.3) is 0 Å². The molecule has 208 valence electrons. The highest BCUT2D eigenvalue weighted by Crippen LogP contribution is 2.33. The maximum atomic E-state index is 13.9. The minimum atomic E-state index is -4.28. The molecule has 0 aliphatic heterocycles. The number of halogens is 4. The Balaban J connectivity index is 2.08. The van der Waals surface area contributed by atoms with Crippen LogP contribution in [0.2, 0.25) is 20.1 Å². The number of nitrogens with one attached hydrogen (secondary N) is 1. The molecule has 3 aromatic rings. The molecular weight excluding hydrogens is 604 g/mol. The second kappa shape index (κ2) is 13.2. The summed E-state index contributed by atoms with van der Waals surface area (Å²) in [4.78, 5) is 27.9. The molecular formula is C27H27Cl4N3O4S. The molecule has 12 heteroatoms. The Labute approximate surface area is 248 Å². The predicted molar refractivity (Wildman–Crippen MR) is 157 cm³/mol. The summed E-state index contributed by atoms with van der Waals surface area (Å²) in [5.74, 6) is -1.05. The molecule has 3 aromatic carbocycles. The van der Waals surface area contributed by atoms with Crippen molar-refractivity contribution < 1.29 is 18.0 Å². The zero-order valence-corrected chi connectivity index (χ0v) is 25.3. The molecule has 1 atom stereocenters. The molecule has 39 heavy (non-hydrogen) atoms. The number of likely N-dealkylation sites (N-methyl/N-ethyl adjacent to an activating group) is 1. The van der Waals surface area contributed by atoms with E-state index >= 15 is 0 Å². The number of rotatable bonds is 10. The van der Waals surface area contributed by atoms with Gasteiger partial charge in [0.05, 0.1) is 25.7 Å². The van der Waals surface area contributed by atoms with Crippen LogP contribution in [-0.2, 0) is 26.2 Å². The van der Waals surface area contributed by atoms with E-state index < -0.39 is 34.4 Å². The molecule has 7 nitrogen and oxygen atoms in total. The van der Waals surface area contributed by atoms with Crippen molar-refractivity contribution in [2.45, 2.75) is 38.3 Å². The second-order valence-electron chi connectivity index (χ2n) is 8.76. The molecule has 0 spiro atoms. The Morgan fingerprint density at radius 3 is 2.15 bits per heavy atom. The molecule has 0 bridgehead atoms. The first-order valence-electron chi connectivity index (χ1n) is 11.9. The van der Waals surface area contributed by atoms with Gasteiger partial charge in [0.1, 0.15) is 12.6 Å². The minimum absolute atomic E-state index is 0.0261. The third kappa shape index (κ3) is 7.58. The summed E-state index contributed by atoms with van der Waals surface area (Å²) in [7, 11) is -4.28. The summed E-state index contributed by atoms with van der Waals surface area (Å²) >= 11 is 24.8. The van der Waals surface area contributed by atoms with Crippen LogP contribution in [-0.4, -0.2) is 44.3 Å². The number of carbonyl (C=O) groups excluding carboxylic acids is 2. The monoisotopic (exact) mass is 629 g/mol. The predicted octanol–water partition coefficient (Wildman–Crippen LogP) is 6.36. The zero-order chi connectivity index (χ0) is 28.9. The summed E-state index contributed by atoms with van der Waals surface area (Å²) in [6, 6.07) is 14.4. The molecule has 2 amide bonds. The van der Waals surface area contributed by atoms with Crippen molar-refractivity contribution in [3.8, 4) is 0 Å². The Bertz CT molecular complexity index is 1470. The lowest BCUT2D eigenvalue weighted by atomic mass is 10.1. The third-order valence-corrected chi connectivity index (χ3v) is 8.99. The highest BCUT2D eigenvalue weighted by Gasteiger charge is 2.33. The number of aryl methyl sites for hydroxylation is 1. The Kier molecular flexibility index (Phi) is 10.5. The Hall–Kier alpha value is -2.49. The van der Waals surface area contributed by atoms with Crippen LogP contribution >= 0.6 is 46.4 Å². The van der Waals surface area contributed by atoms with Crippen molar-refractivity contribution in [3.63, 3.8) is 0 Å². The fourth-order valence-electron chi connectivity index (χ4n) is 3.77. The van der Waals surface area contributed by atoms with Gasteiger partial charge in [-0.15, -0.1) is 0 Å². The van der Waals surface area contributed by atoms with E-state index in [1.807, 2.05) is 6.92 Å². The second-order valence-corrected chi connectivity index (χ2v) is 12.3. The van der Waals surface area contributed by atoms with Gasteiger partial charge < -0.3 is 10.2 Å². The lowest BCUT2D eigenvalue weighted by molar-refractivity contribution is -0.139. The molecule has 3 rings (SSSR count). The van der Waals surface area contributed by atoms with Gasteiger partial charge in [0.15, 0.2) is 0 Å². The summed E-state index contributed by atoms with van der Waals surface area (Å²) in [6.45, 7) is 4.81. The van der Waals surface area contributed by atoms with E-state index in [-0.39, 0.29) is 32.2 Å². The molecule has 0 saturated heterocycles. The van der Waals surface area contributed by atoms with Crippen molar-refractivity contribution >= 4 is 73.9 Å². The molecule has 0 radical (unpaired) electrons. The van der Waals surface area contributed by atoms with E-state index in [1.54, 1.807) is 44.2 Å². The number of hydrogen-bond acceptors (Lipinski definition) is 4. The van der Waals surface area contributed by atoms with Crippen LogP contribution in [0.5, 0.6) is 0 Å². The van der Waals surface area contributed by atoms with Gasteiger partial charge in [0.2, 0.25) is 11.8 Å². The first-order valence-corrected chi connectivity index (χ1v) is 14.9. The number of benzene rings is 3. The van der Waals surface area contributed by atoms with Crippen LogP contribution in [0.15, 0.2) is 65.6 Å². The molecule has 0 unspecified atom stereocenters. The molecule has 0 saturated carbocycles. The topological polar surface area (TPSA) is 86.8 Å².